The summed E-state index contributed by atoms with van der Waals surface area (Å²) in [5.41, 5.74) is 1.99. The maximum atomic E-state index is 12.9. The van der Waals surface area contributed by atoms with E-state index in [-0.39, 0.29) is 12.1 Å². The van der Waals surface area contributed by atoms with Gasteiger partial charge in [-0.1, -0.05) is 19.1 Å². The average Bonchev–Trinajstić information content (AvgIpc) is 3.33. The molecular weight excluding hydrogens is 316 g/mol. The Morgan fingerprint density at radius 1 is 1.08 bits per heavy atom. The van der Waals surface area contributed by atoms with Gasteiger partial charge in [0.05, 0.1) is 25.1 Å². The average molecular weight is 338 g/mol. The van der Waals surface area contributed by atoms with Crippen LogP contribution in [0.2, 0.25) is 0 Å². The highest BCUT2D eigenvalue weighted by Gasteiger charge is 2.24. The number of anilines is 1. The molecule has 1 N–H and O–H groups in total. The summed E-state index contributed by atoms with van der Waals surface area (Å²) >= 11 is 0. The zero-order chi connectivity index (χ0) is 17.6. The van der Waals surface area contributed by atoms with E-state index in [1.807, 2.05) is 55.5 Å². The summed E-state index contributed by atoms with van der Waals surface area (Å²) < 4.78 is 10.9. The molecule has 25 heavy (non-hydrogen) atoms. The maximum Gasteiger partial charge on any atom is 0.322 e. The van der Waals surface area contributed by atoms with E-state index in [9.17, 15) is 4.79 Å². The van der Waals surface area contributed by atoms with Gasteiger partial charge < -0.3 is 19.1 Å². The summed E-state index contributed by atoms with van der Waals surface area (Å²) in [6.07, 6.45) is 4.18. The first-order valence-corrected chi connectivity index (χ1v) is 8.39. The largest absolute Gasteiger partial charge is 0.467 e. The summed E-state index contributed by atoms with van der Waals surface area (Å²) in [5, 5.41) is 2.95. The van der Waals surface area contributed by atoms with Crippen LogP contribution in [0.4, 0.5) is 10.5 Å². The lowest BCUT2D eigenvalue weighted by molar-refractivity contribution is 0.173. The summed E-state index contributed by atoms with van der Waals surface area (Å²) in [6, 6.07) is 14.8. The molecule has 0 saturated heterocycles. The van der Waals surface area contributed by atoms with Gasteiger partial charge in [0.2, 0.25) is 0 Å². The number of furan rings is 2. The molecule has 0 fully saturated rings. The number of hydrogen-bond donors (Lipinski definition) is 1. The lowest BCUT2D eigenvalue weighted by Crippen LogP contribution is -2.36. The standard InChI is InChI=1S/C20H22N2O3/c1-3-16-8-10-17(11-9-16)21-20(23)22(14-18-6-4-12-24-18)15(2)19-7-5-13-25-19/h4-13,15H,3,14H2,1-2H3,(H,21,23). The molecule has 5 nitrogen and oxygen atoms in total. The molecule has 3 rings (SSSR count). The first-order chi connectivity index (χ1) is 12.2. The zero-order valence-corrected chi connectivity index (χ0v) is 14.4. The number of carbonyl (C=O) groups excluding carboxylic acids is 1. The van der Waals surface area contributed by atoms with Crippen LogP contribution >= 0.6 is 0 Å². The molecule has 0 radical (unpaired) electrons. The number of hydrogen-bond acceptors (Lipinski definition) is 3. The zero-order valence-electron chi connectivity index (χ0n) is 14.4. The number of aryl methyl sites for hydroxylation is 1. The van der Waals surface area contributed by atoms with Crippen LogP contribution in [0.15, 0.2) is 69.9 Å². The van der Waals surface area contributed by atoms with Crippen LogP contribution in [-0.4, -0.2) is 10.9 Å². The minimum absolute atomic E-state index is 0.204. The van der Waals surface area contributed by atoms with Gasteiger partial charge in [0.25, 0.3) is 0 Å². The minimum Gasteiger partial charge on any atom is -0.467 e. The van der Waals surface area contributed by atoms with E-state index in [0.717, 1.165) is 23.6 Å². The molecule has 0 saturated carbocycles. The van der Waals surface area contributed by atoms with Crippen LogP contribution in [0.25, 0.3) is 0 Å². The number of urea groups is 1. The van der Waals surface area contributed by atoms with Gasteiger partial charge in [0.15, 0.2) is 0 Å². The second-order valence-electron chi connectivity index (χ2n) is 5.88. The summed E-state index contributed by atoms with van der Waals surface area (Å²) in [5.74, 6) is 1.44. The normalized spacial score (nSPS) is 11.9. The van der Waals surface area contributed by atoms with Crippen LogP contribution in [0, 0.1) is 0 Å². The van der Waals surface area contributed by atoms with Gasteiger partial charge >= 0.3 is 6.03 Å². The van der Waals surface area contributed by atoms with Gasteiger partial charge in [-0.25, -0.2) is 4.79 Å². The van der Waals surface area contributed by atoms with Crippen LogP contribution < -0.4 is 5.32 Å². The molecule has 0 aliphatic rings. The van der Waals surface area contributed by atoms with Crippen molar-refractivity contribution in [1.82, 2.24) is 4.90 Å². The Balaban J connectivity index is 1.78. The number of amides is 2. The van der Waals surface area contributed by atoms with E-state index in [0.29, 0.717) is 6.54 Å². The first-order valence-electron chi connectivity index (χ1n) is 8.39. The molecule has 0 spiro atoms. The minimum atomic E-state index is -0.227. The second kappa shape index (κ2) is 7.75. The lowest BCUT2D eigenvalue weighted by atomic mass is 10.1. The van der Waals surface area contributed by atoms with E-state index in [1.54, 1.807) is 17.4 Å². The maximum absolute atomic E-state index is 12.9. The predicted molar refractivity (Wildman–Crippen MR) is 96.2 cm³/mol. The van der Waals surface area contributed by atoms with Crippen molar-refractivity contribution in [3.63, 3.8) is 0 Å². The quantitative estimate of drug-likeness (QED) is 0.669. The number of carbonyl (C=O) groups is 1. The van der Waals surface area contributed by atoms with Gasteiger partial charge in [-0.05, 0) is 55.3 Å². The molecule has 1 aromatic carbocycles. The number of nitrogens with zero attached hydrogens (tertiary/aromatic N) is 1. The Morgan fingerprint density at radius 3 is 2.40 bits per heavy atom. The molecule has 0 aliphatic carbocycles. The Labute approximate surface area is 147 Å². The van der Waals surface area contributed by atoms with Crippen molar-refractivity contribution >= 4 is 11.7 Å². The monoisotopic (exact) mass is 338 g/mol. The van der Waals surface area contributed by atoms with Crippen molar-refractivity contribution in [3.8, 4) is 0 Å². The van der Waals surface area contributed by atoms with E-state index in [1.165, 1.54) is 5.56 Å². The molecular formula is C20H22N2O3. The highest BCUT2D eigenvalue weighted by molar-refractivity contribution is 5.89. The molecule has 130 valence electrons. The third kappa shape index (κ3) is 4.12. The summed E-state index contributed by atoms with van der Waals surface area (Å²) in [4.78, 5) is 14.5. The highest BCUT2D eigenvalue weighted by Crippen LogP contribution is 2.24. The van der Waals surface area contributed by atoms with Gasteiger partial charge in [-0.3, -0.25) is 0 Å². The Kier molecular flexibility index (Phi) is 5.23. The summed E-state index contributed by atoms with van der Waals surface area (Å²) in [6.45, 7) is 4.39. The SMILES string of the molecule is CCc1ccc(NC(=O)N(Cc2ccco2)C(C)c2ccco2)cc1. The van der Waals surface area contributed by atoms with Crippen LogP contribution in [0.5, 0.6) is 0 Å². The van der Waals surface area contributed by atoms with Gasteiger partial charge in [0, 0.05) is 5.69 Å². The van der Waals surface area contributed by atoms with Crippen LogP contribution in [0.3, 0.4) is 0 Å². The molecule has 2 heterocycles. The molecule has 3 aromatic rings. The number of nitrogens with one attached hydrogen (secondary N) is 1. The van der Waals surface area contributed by atoms with Crippen molar-refractivity contribution in [3.05, 3.63) is 78.1 Å². The highest BCUT2D eigenvalue weighted by atomic mass is 16.3. The van der Waals surface area contributed by atoms with Crippen LogP contribution in [0.1, 0.15) is 37.0 Å². The smallest absolute Gasteiger partial charge is 0.322 e. The van der Waals surface area contributed by atoms with E-state index in [2.05, 4.69) is 12.2 Å². The fourth-order valence-electron chi connectivity index (χ4n) is 2.66. The number of benzene rings is 1. The Bertz CT molecular complexity index is 777. The summed E-state index contributed by atoms with van der Waals surface area (Å²) in [7, 11) is 0. The van der Waals surface area contributed by atoms with E-state index < -0.39 is 0 Å². The van der Waals surface area contributed by atoms with Crippen molar-refractivity contribution in [2.45, 2.75) is 32.9 Å². The topological polar surface area (TPSA) is 58.6 Å². The van der Waals surface area contributed by atoms with E-state index >= 15 is 0 Å². The van der Waals surface area contributed by atoms with Crippen LogP contribution in [-0.2, 0) is 13.0 Å². The van der Waals surface area contributed by atoms with Crippen molar-refractivity contribution in [2.24, 2.45) is 0 Å². The Hall–Kier alpha value is -2.95. The molecule has 2 aromatic heterocycles. The fourth-order valence-corrected chi connectivity index (χ4v) is 2.66. The van der Waals surface area contributed by atoms with E-state index in [4.69, 9.17) is 8.83 Å². The van der Waals surface area contributed by atoms with Crippen molar-refractivity contribution in [1.29, 1.82) is 0 Å². The molecule has 0 bridgehead atoms. The molecule has 2 amide bonds. The lowest BCUT2D eigenvalue weighted by Gasteiger charge is -2.27. The fraction of sp³-hybridized carbons (Fsp3) is 0.250. The molecule has 1 atom stereocenters. The second-order valence-corrected chi connectivity index (χ2v) is 5.88. The van der Waals surface area contributed by atoms with Gasteiger partial charge in [-0.15, -0.1) is 0 Å². The van der Waals surface area contributed by atoms with Crippen molar-refractivity contribution in [2.75, 3.05) is 5.32 Å². The third-order valence-corrected chi connectivity index (χ3v) is 4.20. The Morgan fingerprint density at radius 2 is 1.80 bits per heavy atom. The van der Waals surface area contributed by atoms with Gasteiger partial charge in [-0.2, -0.15) is 0 Å². The van der Waals surface area contributed by atoms with Crippen molar-refractivity contribution < 1.29 is 13.6 Å². The molecule has 1 unspecified atom stereocenters. The predicted octanol–water partition coefficient (Wildman–Crippen LogP) is 5.23. The third-order valence-electron chi connectivity index (χ3n) is 4.20. The van der Waals surface area contributed by atoms with Gasteiger partial charge in [0.1, 0.15) is 11.5 Å². The molecule has 0 aliphatic heterocycles. The number of rotatable bonds is 6. The molecule has 5 heteroatoms. The first kappa shape index (κ1) is 16.9.